The molecule has 6 heteroatoms. The third-order valence-electron chi connectivity index (χ3n) is 3.89. The monoisotopic (exact) mass is 372 g/mol. The number of aryl methyl sites for hydroxylation is 1. The smallest absolute Gasteiger partial charge is 0.251 e. The average molecular weight is 373 g/mol. The molecule has 1 aromatic carbocycles. The number of hydrogen-bond donors (Lipinski definition) is 3. The Morgan fingerprint density at radius 2 is 1.92 bits per heavy atom. The van der Waals surface area contributed by atoms with Gasteiger partial charge in [0.25, 0.3) is 5.91 Å². The van der Waals surface area contributed by atoms with Gasteiger partial charge in [0, 0.05) is 41.4 Å². The highest BCUT2D eigenvalue weighted by Gasteiger charge is 2.08. The van der Waals surface area contributed by atoms with E-state index >= 15 is 0 Å². The van der Waals surface area contributed by atoms with Gasteiger partial charge in [-0.3, -0.25) is 4.79 Å². The van der Waals surface area contributed by atoms with Crippen molar-refractivity contribution in [2.45, 2.75) is 39.8 Å². The molecule has 0 saturated carbocycles. The summed E-state index contributed by atoms with van der Waals surface area (Å²) in [5, 5.41) is 9.38. The Bertz CT molecular complexity index is 737. The highest BCUT2D eigenvalue weighted by Crippen LogP contribution is 2.16. The van der Waals surface area contributed by atoms with Crippen LogP contribution in [0.5, 0.6) is 0 Å². The maximum absolute atomic E-state index is 11.6. The molecule has 0 spiro atoms. The Balaban J connectivity index is 1.95. The van der Waals surface area contributed by atoms with E-state index in [1.807, 2.05) is 35.6 Å². The van der Waals surface area contributed by atoms with E-state index in [1.54, 1.807) is 7.05 Å². The van der Waals surface area contributed by atoms with Crippen LogP contribution in [-0.4, -0.2) is 31.5 Å². The van der Waals surface area contributed by atoms with Crippen molar-refractivity contribution >= 4 is 23.2 Å². The van der Waals surface area contributed by atoms with Crippen LogP contribution in [0.1, 0.15) is 39.5 Å². The van der Waals surface area contributed by atoms with Gasteiger partial charge in [0.1, 0.15) is 0 Å². The SMILES string of the molecule is CCNC(=NCc1ccc(C(=O)NC)cc1)NC(C)Cc1ccc(C)s1. The van der Waals surface area contributed by atoms with Crippen LogP contribution in [0.3, 0.4) is 0 Å². The molecule has 0 aliphatic rings. The van der Waals surface area contributed by atoms with Crippen molar-refractivity contribution < 1.29 is 4.79 Å². The molecule has 0 fully saturated rings. The van der Waals surface area contributed by atoms with Gasteiger partial charge in [0.15, 0.2) is 5.96 Å². The van der Waals surface area contributed by atoms with Crippen LogP contribution in [0.2, 0.25) is 0 Å². The molecule has 2 aromatic rings. The molecule has 5 nitrogen and oxygen atoms in total. The molecule has 1 atom stereocenters. The lowest BCUT2D eigenvalue weighted by atomic mass is 10.1. The molecule has 1 unspecified atom stereocenters. The van der Waals surface area contributed by atoms with E-state index in [4.69, 9.17) is 0 Å². The lowest BCUT2D eigenvalue weighted by Crippen LogP contribution is -2.43. The zero-order valence-corrected chi connectivity index (χ0v) is 16.7. The van der Waals surface area contributed by atoms with E-state index in [1.165, 1.54) is 9.75 Å². The summed E-state index contributed by atoms with van der Waals surface area (Å²) in [6.45, 7) is 7.73. The second kappa shape index (κ2) is 9.97. The van der Waals surface area contributed by atoms with Crippen molar-refractivity contribution in [3.05, 3.63) is 57.3 Å². The number of nitrogens with one attached hydrogen (secondary N) is 3. The molecule has 0 saturated heterocycles. The second-order valence-electron chi connectivity index (χ2n) is 6.23. The molecule has 0 radical (unpaired) electrons. The first kappa shape index (κ1) is 20.0. The molecular weight excluding hydrogens is 344 g/mol. The first-order chi connectivity index (χ1) is 12.5. The summed E-state index contributed by atoms with van der Waals surface area (Å²) in [5.74, 6) is 0.733. The third-order valence-corrected chi connectivity index (χ3v) is 4.92. The summed E-state index contributed by atoms with van der Waals surface area (Å²) >= 11 is 1.84. The molecule has 140 valence electrons. The van der Waals surface area contributed by atoms with Crippen molar-refractivity contribution in [1.82, 2.24) is 16.0 Å². The number of thiophene rings is 1. The van der Waals surface area contributed by atoms with Crippen LogP contribution in [0, 0.1) is 6.92 Å². The van der Waals surface area contributed by atoms with Gasteiger partial charge in [0.05, 0.1) is 6.54 Å². The lowest BCUT2D eigenvalue weighted by molar-refractivity contribution is 0.0963. The first-order valence-electron chi connectivity index (χ1n) is 8.93. The van der Waals surface area contributed by atoms with Crippen molar-refractivity contribution in [3.63, 3.8) is 0 Å². The van der Waals surface area contributed by atoms with E-state index in [0.29, 0.717) is 18.2 Å². The zero-order chi connectivity index (χ0) is 18.9. The van der Waals surface area contributed by atoms with Gasteiger partial charge in [-0.1, -0.05) is 12.1 Å². The molecule has 1 aromatic heterocycles. The van der Waals surface area contributed by atoms with Gasteiger partial charge in [0.2, 0.25) is 0 Å². The number of benzene rings is 1. The Labute approximate surface area is 159 Å². The number of amides is 1. The van der Waals surface area contributed by atoms with Gasteiger partial charge in [-0.2, -0.15) is 0 Å². The summed E-state index contributed by atoms with van der Waals surface area (Å²) in [4.78, 5) is 19.0. The molecule has 1 heterocycles. The van der Waals surface area contributed by atoms with E-state index in [2.05, 4.69) is 53.8 Å². The predicted octanol–water partition coefficient (Wildman–Crippen LogP) is 3.10. The summed E-state index contributed by atoms with van der Waals surface area (Å²) in [6, 6.07) is 12.2. The van der Waals surface area contributed by atoms with Crippen LogP contribution >= 0.6 is 11.3 Å². The quantitative estimate of drug-likeness (QED) is 0.517. The Morgan fingerprint density at radius 3 is 2.50 bits per heavy atom. The first-order valence-corrected chi connectivity index (χ1v) is 9.74. The zero-order valence-electron chi connectivity index (χ0n) is 15.9. The van der Waals surface area contributed by atoms with E-state index < -0.39 is 0 Å². The topological polar surface area (TPSA) is 65.5 Å². The molecule has 0 aliphatic heterocycles. The fraction of sp³-hybridized carbons (Fsp3) is 0.400. The number of nitrogens with zero attached hydrogens (tertiary/aromatic N) is 1. The number of rotatable bonds is 7. The number of guanidine groups is 1. The van der Waals surface area contributed by atoms with Crippen LogP contribution in [0.25, 0.3) is 0 Å². The molecule has 0 aliphatic carbocycles. The summed E-state index contributed by atoms with van der Waals surface area (Å²) in [6.07, 6.45) is 0.976. The maximum atomic E-state index is 11.6. The lowest BCUT2D eigenvalue weighted by Gasteiger charge is -2.17. The van der Waals surface area contributed by atoms with Crippen LogP contribution in [0.15, 0.2) is 41.4 Å². The molecule has 0 bridgehead atoms. The normalized spacial score (nSPS) is 12.5. The van der Waals surface area contributed by atoms with Crippen molar-refractivity contribution in [3.8, 4) is 0 Å². The number of carbonyl (C=O) groups is 1. The van der Waals surface area contributed by atoms with Crippen LogP contribution < -0.4 is 16.0 Å². The minimum absolute atomic E-state index is 0.0762. The molecule has 3 N–H and O–H groups in total. The van der Waals surface area contributed by atoms with Crippen LogP contribution in [-0.2, 0) is 13.0 Å². The molecule has 1 amide bonds. The van der Waals surface area contributed by atoms with E-state index in [9.17, 15) is 4.79 Å². The van der Waals surface area contributed by atoms with Gasteiger partial charge in [-0.05, 0) is 50.6 Å². The second-order valence-corrected chi connectivity index (χ2v) is 7.61. The molecule has 2 rings (SSSR count). The van der Waals surface area contributed by atoms with E-state index in [0.717, 1.165) is 24.5 Å². The van der Waals surface area contributed by atoms with Gasteiger partial charge < -0.3 is 16.0 Å². The third kappa shape index (κ3) is 6.19. The van der Waals surface area contributed by atoms with Crippen molar-refractivity contribution in [2.75, 3.05) is 13.6 Å². The summed E-state index contributed by atoms with van der Waals surface area (Å²) in [5.41, 5.74) is 1.72. The predicted molar refractivity (Wildman–Crippen MR) is 110 cm³/mol. The standard InChI is InChI=1S/C20H28N4OS/c1-5-22-20(24-14(2)12-18-11-6-15(3)26-18)23-13-16-7-9-17(10-8-16)19(25)21-4/h6-11,14H,5,12-13H2,1-4H3,(H,21,25)(H2,22,23,24). The largest absolute Gasteiger partial charge is 0.357 e. The fourth-order valence-corrected chi connectivity index (χ4v) is 3.60. The van der Waals surface area contributed by atoms with Crippen molar-refractivity contribution in [1.29, 1.82) is 0 Å². The molecular formula is C20H28N4OS. The Kier molecular flexibility index (Phi) is 7.66. The number of aliphatic imine (C=N–C) groups is 1. The highest BCUT2D eigenvalue weighted by atomic mass is 32.1. The van der Waals surface area contributed by atoms with Gasteiger partial charge >= 0.3 is 0 Å². The Hall–Kier alpha value is -2.34. The number of hydrogen-bond acceptors (Lipinski definition) is 3. The summed E-state index contributed by atoms with van der Waals surface area (Å²) < 4.78 is 0. The van der Waals surface area contributed by atoms with Gasteiger partial charge in [-0.15, -0.1) is 11.3 Å². The highest BCUT2D eigenvalue weighted by molar-refractivity contribution is 7.11. The minimum atomic E-state index is -0.0762. The summed E-state index contributed by atoms with van der Waals surface area (Å²) in [7, 11) is 1.63. The molecule has 26 heavy (non-hydrogen) atoms. The van der Waals surface area contributed by atoms with E-state index in [-0.39, 0.29) is 5.91 Å². The van der Waals surface area contributed by atoms with Crippen molar-refractivity contribution in [2.24, 2.45) is 4.99 Å². The Morgan fingerprint density at radius 1 is 1.19 bits per heavy atom. The van der Waals surface area contributed by atoms with Crippen LogP contribution in [0.4, 0.5) is 0 Å². The maximum Gasteiger partial charge on any atom is 0.251 e. The average Bonchev–Trinajstić information content (AvgIpc) is 3.04. The fourth-order valence-electron chi connectivity index (χ4n) is 2.58. The van der Waals surface area contributed by atoms with Gasteiger partial charge in [-0.25, -0.2) is 4.99 Å². The number of carbonyl (C=O) groups excluding carboxylic acids is 1. The minimum Gasteiger partial charge on any atom is -0.357 e.